The fourth-order valence-corrected chi connectivity index (χ4v) is 4.04. The molecule has 0 amide bonds. The summed E-state index contributed by atoms with van der Waals surface area (Å²) < 4.78 is 25.9. The van der Waals surface area contributed by atoms with Crippen LogP contribution in [0.2, 0.25) is 0 Å². The second kappa shape index (κ2) is 11.6. The number of ether oxygens (including phenoxy) is 2. The van der Waals surface area contributed by atoms with Crippen molar-refractivity contribution in [2.45, 2.75) is 18.2 Å². The highest BCUT2D eigenvalue weighted by atomic mass is 32.2. The highest BCUT2D eigenvalue weighted by Gasteiger charge is 2.18. The molecule has 0 radical (unpaired) electrons. The van der Waals surface area contributed by atoms with Crippen LogP contribution in [-0.4, -0.2) is 55.9 Å². The summed E-state index contributed by atoms with van der Waals surface area (Å²) in [5, 5.41) is 19.6. The standard InChI is InChI=1S/C25H23FN4O4S/c1-2-33-24(32)18-3-9-22(10-4-18)34-15-21(31)16-35-25-29-28-23(17-11-13-27-14-12-17)30(25)20-7-5-19(26)6-8-20/h3-14,21,31H,2,15-16H2,1H3. The second-order valence-corrected chi connectivity index (χ2v) is 8.36. The van der Waals surface area contributed by atoms with Crippen LogP contribution < -0.4 is 4.74 Å². The average molecular weight is 495 g/mol. The van der Waals surface area contributed by atoms with E-state index in [0.717, 1.165) is 5.56 Å². The Morgan fingerprint density at radius 2 is 1.77 bits per heavy atom. The van der Waals surface area contributed by atoms with E-state index in [-0.39, 0.29) is 18.2 Å². The second-order valence-electron chi connectivity index (χ2n) is 7.37. The molecule has 0 fully saturated rings. The maximum atomic E-state index is 13.5. The van der Waals surface area contributed by atoms with E-state index in [2.05, 4.69) is 15.2 Å². The van der Waals surface area contributed by atoms with E-state index >= 15 is 0 Å². The third kappa shape index (κ3) is 6.23. The number of aromatic nitrogens is 4. The molecule has 0 bridgehead atoms. The molecule has 0 saturated heterocycles. The van der Waals surface area contributed by atoms with Gasteiger partial charge in [0.2, 0.25) is 0 Å². The van der Waals surface area contributed by atoms with Crippen molar-refractivity contribution < 1.29 is 23.8 Å². The van der Waals surface area contributed by atoms with Crippen LogP contribution in [-0.2, 0) is 4.74 Å². The van der Waals surface area contributed by atoms with Gasteiger partial charge in [-0.2, -0.15) is 0 Å². The van der Waals surface area contributed by atoms with Crippen LogP contribution in [0.15, 0.2) is 78.2 Å². The molecule has 2 heterocycles. The van der Waals surface area contributed by atoms with Crippen molar-refractivity contribution in [2.75, 3.05) is 19.0 Å². The zero-order valence-electron chi connectivity index (χ0n) is 18.9. The summed E-state index contributed by atoms with van der Waals surface area (Å²) in [5.41, 5.74) is 1.93. The molecule has 1 atom stereocenters. The Bertz CT molecular complexity index is 1250. The summed E-state index contributed by atoms with van der Waals surface area (Å²) in [7, 11) is 0. The van der Waals surface area contributed by atoms with E-state index in [1.54, 1.807) is 60.3 Å². The van der Waals surface area contributed by atoms with E-state index in [4.69, 9.17) is 9.47 Å². The van der Waals surface area contributed by atoms with Gasteiger partial charge in [0.1, 0.15) is 18.2 Å². The van der Waals surface area contributed by atoms with Gasteiger partial charge in [0.25, 0.3) is 0 Å². The molecule has 4 aromatic rings. The lowest BCUT2D eigenvalue weighted by molar-refractivity contribution is 0.0526. The first-order valence-corrected chi connectivity index (χ1v) is 11.9. The molecule has 0 saturated carbocycles. The minimum absolute atomic E-state index is 0.0493. The zero-order valence-corrected chi connectivity index (χ0v) is 19.7. The minimum atomic E-state index is -0.799. The summed E-state index contributed by atoms with van der Waals surface area (Å²) in [5.74, 6) is 0.651. The molecule has 2 aromatic heterocycles. The van der Waals surface area contributed by atoms with Crippen molar-refractivity contribution in [2.24, 2.45) is 0 Å². The highest BCUT2D eigenvalue weighted by molar-refractivity contribution is 7.99. The van der Waals surface area contributed by atoms with Crippen molar-refractivity contribution >= 4 is 17.7 Å². The van der Waals surface area contributed by atoms with Gasteiger partial charge in [-0.1, -0.05) is 11.8 Å². The topological polar surface area (TPSA) is 99.4 Å². The number of pyridine rings is 1. The number of carbonyl (C=O) groups excluding carboxylic acids is 1. The lowest BCUT2D eigenvalue weighted by Crippen LogP contribution is -2.20. The first kappa shape index (κ1) is 24.4. The normalized spacial score (nSPS) is 11.7. The van der Waals surface area contributed by atoms with Crippen molar-refractivity contribution in [3.63, 3.8) is 0 Å². The molecular weight excluding hydrogens is 471 g/mol. The van der Waals surface area contributed by atoms with Crippen molar-refractivity contribution in [1.82, 2.24) is 19.7 Å². The fourth-order valence-electron chi connectivity index (χ4n) is 3.19. The number of aliphatic hydroxyl groups is 1. The molecule has 1 unspecified atom stereocenters. The summed E-state index contributed by atoms with van der Waals surface area (Å²) in [6, 6.07) is 16.2. The number of carbonyl (C=O) groups is 1. The van der Waals surface area contributed by atoms with Gasteiger partial charge in [-0.3, -0.25) is 9.55 Å². The van der Waals surface area contributed by atoms with Gasteiger partial charge >= 0.3 is 5.97 Å². The monoisotopic (exact) mass is 494 g/mol. The van der Waals surface area contributed by atoms with Crippen LogP contribution in [0, 0.1) is 5.82 Å². The fraction of sp³-hybridized carbons (Fsp3) is 0.200. The van der Waals surface area contributed by atoms with Crippen LogP contribution >= 0.6 is 11.8 Å². The molecule has 0 aliphatic rings. The molecule has 0 aliphatic carbocycles. The highest BCUT2D eigenvalue weighted by Crippen LogP contribution is 2.28. The molecule has 2 aromatic carbocycles. The minimum Gasteiger partial charge on any atom is -0.491 e. The Kier molecular flexibility index (Phi) is 8.07. The van der Waals surface area contributed by atoms with Gasteiger partial charge in [0.15, 0.2) is 11.0 Å². The lowest BCUT2D eigenvalue weighted by atomic mass is 10.2. The Hall–Kier alpha value is -3.76. The van der Waals surface area contributed by atoms with E-state index in [1.165, 1.54) is 23.9 Å². The predicted molar refractivity (Wildman–Crippen MR) is 129 cm³/mol. The van der Waals surface area contributed by atoms with E-state index in [9.17, 15) is 14.3 Å². The number of aliphatic hydroxyl groups excluding tert-OH is 1. The van der Waals surface area contributed by atoms with E-state index < -0.39 is 12.1 Å². The summed E-state index contributed by atoms with van der Waals surface area (Å²) in [6.07, 6.45) is 2.52. The number of hydrogen-bond acceptors (Lipinski definition) is 8. The molecular formula is C25H23FN4O4S. The first-order chi connectivity index (χ1) is 17.0. The molecule has 8 nitrogen and oxygen atoms in total. The number of halogens is 1. The van der Waals surface area contributed by atoms with Crippen molar-refractivity contribution in [3.8, 4) is 22.8 Å². The summed E-state index contributed by atoms with van der Waals surface area (Å²) in [6.45, 7) is 2.10. The summed E-state index contributed by atoms with van der Waals surface area (Å²) in [4.78, 5) is 15.8. The Labute approximate surface area is 205 Å². The number of rotatable bonds is 10. The van der Waals surface area contributed by atoms with Crippen LogP contribution in [0.3, 0.4) is 0 Å². The van der Waals surface area contributed by atoms with Gasteiger partial charge in [0, 0.05) is 29.4 Å². The first-order valence-electron chi connectivity index (χ1n) is 10.9. The number of thioether (sulfide) groups is 1. The average Bonchev–Trinajstić information content (AvgIpc) is 3.31. The quantitative estimate of drug-likeness (QED) is 0.259. The molecule has 180 valence electrons. The third-order valence-electron chi connectivity index (χ3n) is 4.87. The molecule has 35 heavy (non-hydrogen) atoms. The van der Waals surface area contributed by atoms with Crippen LogP contribution in [0.1, 0.15) is 17.3 Å². The van der Waals surface area contributed by atoms with Crippen molar-refractivity contribution in [3.05, 3.63) is 84.4 Å². The molecule has 4 rings (SSSR count). The van der Waals surface area contributed by atoms with E-state index in [0.29, 0.717) is 34.6 Å². The maximum Gasteiger partial charge on any atom is 0.338 e. The number of nitrogens with zero attached hydrogens (tertiary/aromatic N) is 4. The maximum absolute atomic E-state index is 13.5. The van der Waals surface area contributed by atoms with Gasteiger partial charge < -0.3 is 14.6 Å². The lowest BCUT2D eigenvalue weighted by Gasteiger charge is -2.13. The van der Waals surface area contributed by atoms with Gasteiger partial charge in [-0.25, -0.2) is 9.18 Å². The largest absolute Gasteiger partial charge is 0.491 e. The third-order valence-corrected chi connectivity index (χ3v) is 5.94. The van der Waals surface area contributed by atoms with E-state index in [1.807, 2.05) is 12.1 Å². The van der Waals surface area contributed by atoms with Crippen LogP contribution in [0.5, 0.6) is 5.75 Å². The van der Waals surface area contributed by atoms with Gasteiger partial charge in [-0.15, -0.1) is 10.2 Å². The zero-order chi connectivity index (χ0) is 24.6. The molecule has 0 spiro atoms. The Balaban J connectivity index is 1.42. The molecule has 1 N–H and O–H groups in total. The Morgan fingerprint density at radius 1 is 1.06 bits per heavy atom. The van der Waals surface area contributed by atoms with Crippen LogP contribution in [0.4, 0.5) is 4.39 Å². The van der Waals surface area contributed by atoms with Crippen molar-refractivity contribution in [1.29, 1.82) is 0 Å². The molecule has 0 aliphatic heterocycles. The smallest absolute Gasteiger partial charge is 0.338 e. The molecule has 10 heteroatoms. The van der Waals surface area contributed by atoms with Gasteiger partial charge in [0.05, 0.1) is 18.3 Å². The number of esters is 1. The van der Waals surface area contributed by atoms with Crippen LogP contribution in [0.25, 0.3) is 17.1 Å². The predicted octanol–water partition coefficient (Wildman–Crippen LogP) is 4.18. The SMILES string of the molecule is CCOC(=O)c1ccc(OCC(O)CSc2nnc(-c3ccncc3)n2-c2ccc(F)cc2)cc1. The van der Waals surface area contributed by atoms with Gasteiger partial charge in [-0.05, 0) is 67.6 Å². The number of hydrogen-bond donors (Lipinski definition) is 1. The summed E-state index contributed by atoms with van der Waals surface area (Å²) >= 11 is 1.31. The number of benzene rings is 2. The Morgan fingerprint density at radius 3 is 2.46 bits per heavy atom.